The lowest BCUT2D eigenvalue weighted by atomic mass is 9.91. The molecule has 56 heavy (non-hydrogen) atoms. The summed E-state index contributed by atoms with van der Waals surface area (Å²) in [5.74, 6) is -0.131. The molecule has 1 aliphatic rings. The average Bonchev–Trinajstić information content (AvgIpc) is 3.76. The number of imidazole rings is 1. The Morgan fingerprint density at radius 2 is 1.50 bits per heavy atom. The van der Waals surface area contributed by atoms with E-state index in [0.717, 1.165) is 11.1 Å². The van der Waals surface area contributed by atoms with E-state index in [-0.39, 0.29) is 48.0 Å². The predicted molar refractivity (Wildman–Crippen MR) is 209 cm³/mol. The van der Waals surface area contributed by atoms with Crippen molar-refractivity contribution in [1.82, 2.24) is 39.8 Å². The van der Waals surface area contributed by atoms with Crippen LogP contribution in [0.15, 0.2) is 102 Å². The summed E-state index contributed by atoms with van der Waals surface area (Å²) in [5.41, 5.74) is 2.70. The molecule has 1 fully saturated rings. The third-order valence-electron chi connectivity index (χ3n) is 9.42. The van der Waals surface area contributed by atoms with Gasteiger partial charge in [0, 0.05) is 38.1 Å². The number of aliphatic hydroxyl groups excluding tert-OH is 2. The van der Waals surface area contributed by atoms with E-state index < -0.39 is 46.5 Å². The van der Waals surface area contributed by atoms with Gasteiger partial charge in [-0.1, -0.05) is 78.9 Å². The maximum absolute atomic E-state index is 13.3. The Labute approximate surface area is 325 Å². The second kappa shape index (κ2) is 18.0. The van der Waals surface area contributed by atoms with Gasteiger partial charge in [-0.05, 0) is 44.0 Å². The van der Waals surface area contributed by atoms with Crippen LogP contribution in [0.3, 0.4) is 0 Å². The molecule has 1 aliphatic heterocycles. The first-order chi connectivity index (χ1) is 27.0. The van der Waals surface area contributed by atoms with E-state index in [1.807, 2.05) is 60.7 Å². The number of likely N-dealkylation sites (N-methyl/N-ethyl adjacent to an activating group) is 1. The molecular weight excluding hydrogens is 739 g/mol. The van der Waals surface area contributed by atoms with Crippen LogP contribution in [0, 0.1) is 0 Å². The molecule has 5 aromatic rings. The van der Waals surface area contributed by atoms with Crippen molar-refractivity contribution < 1.29 is 33.0 Å². The van der Waals surface area contributed by atoms with Gasteiger partial charge in [0.25, 0.3) is 5.91 Å². The summed E-state index contributed by atoms with van der Waals surface area (Å²) < 4.78 is 35.2. The Balaban J connectivity index is 1.23. The number of urea groups is 1. The predicted octanol–water partition coefficient (Wildman–Crippen LogP) is 2.72. The number of hydrogen-bond acceptors (Lipinski definition) is 11. The fraction of sp³-hybridized carbons (Fsp3) is 0.359. The number of benzene rings is 3. The lowest BCUT2D eigenvalue weighted by molar-refractivity contribution is -0.137. The van der Waals surface area contributed by atoms with Crippen LogP contribution < -0.4 is 21.3 Å². The third-order valence-corrected chi connectivity index (χ3v) is 11.5. The molecule has 17 heteroatoms. The van der Waals surface area contributed by atoms with Crippen molar-refractivity contribution in [3.05, 3.63) is 114 Å². The highest BCUT2D eigenvalue weighted by atomic mass is 32.2. The van der Waals surface area contributed by atoms with Gasteiger partial charge in [-0.25, -0.2) is 28.2 Å². The molecule has 0 spiro atoms. The summed E-state index contributed by atoms with van der Waals surface area (Å²) in [4.78, 5) is 39.8. The molecule has 6 rings (SSSR count). The molecule has 3 amide bonds. The standard InChI is InChI=1S/C39H47N9O7S/c1-4-40-37(51)34-32(49)33(50)38(55-34)47-24-44-31-35(42-22-29(26-14-8-5-9-15-26)27-16-10-6-11-17-27)45-30(46-36(31)47)23-43-39(52)41-20-21-48(25(2)3)56(53,54)28-18-12-7-13-19-28/h5-19,24-25,29,32-34,38,49-50H,4,20-23H2,1-3H3,(H,40,51)(H2,41,43,52)(H,42,45,46)/t32-,33+,34-,38+/m0/s1. The molecule has 0 aliphatic carbocycles. The molecule has 0 bridgehead atoms. The van der Waals surface area contributed by atoms with Crippen molar-refractivity contribution in [2.45, 2.75) is 68.7 Å². The molecule has 6 N–H and O–H groups in total. The molecule has 3 heterocycles. The van der Waals surface area contributed by atoms with Gasteiger partial charge in [-0.2, -0.15) is 4.31 Å². The summed E-state index contributed by atoms with van der Waals surface area (Å²) in [6.45, 7) is 5.90. The highest BCUT2D eigenvalue weighted by molar-refractivity contribution is 7.89. The molecule has 0 unspecified atom stereocenters. The average molecular weight is 786 g/mol. The molecular formula is C39H47N9O7S. The number of nitrogens with zero attached hydrogens (tertiary/aromatic N) is 5. The molecule has 1 saturated heterocycles. The van der Waals surface area contributed by atoms with E-state index in [0.29, 0.717) is 24.4 Å². The minimum atomic E-state index is -3.79. The largest absolute Gasteiger partial charge is 0.387 e. The van der Waals surface area contributed by atoms with E-state index in [1.54, 1.807) is 39.0 Å². The number of anilines is 1. The number of nitrogens with one attached hydrogen (secondary N) is 4. The first kappa shape index (κ1) is 40.2. The Bertz CT molecular complexity index is 2150. The normalized spacial score (nSPS) is 18.4. The second-order valence-corrected chi connectivity index (χ2v) is 15.4. The molecule has 16 nitrogen and oxygen atoms in total. The maximum atomic E-state index is 13.3. The molecule has 4 atom stereocenters. The number of aliphatic hydroxyl groups is 2. The Kier molecular flexibility index (Phi) is 12.9. The first-order valence-corrected chi connectivity index (χ1v) is 19.9. The maximum Gasteiger partial charge on any atom is 0.315 e. The minimum Gasteiger partial charge on any atom is -0.387 e. The lowest BCUT2D eigenvalue weighted by Crippen LogP contribution is -2.44. The van der Waals surface area contributed by atoms with Gasteiger partial charge in [-0.3, -0.25) is 9.36 Å². The summed E-state index contributed by atoms with van der Waals surface area (Å²) in [7, 11) is -3.79. The van der Waals surface area contributed by atoms with Gasteiger partial charge in [0.1, 0.15) is 12.2 Å². The van der Waals surface area contributed by atoms with Crippen molar-refractivity contribution in [1.29, 1.82) is 0 Å². The van der Waals surface area contributed by atoms with Gasteiger partial charge in [0.05, 0.1) is 17.8 Å². The number of ether oxygens (including phenoxy) is 1. The molecule has 2 aromatic heterocycles. The highest BCUT2D eigenvalue weighted by Crippen LogP contribution is 2.33. The van der Waals surface area contributed by atoms with E-state index >= 15 is 0 Å². The van der Waals surface area contributed by atoms with Gasteiger partial charge in [0.2, 0.25) is 10.0 Å². The van der Waals surface area contributed by atoms with Crippen LogP contribution >= 0.6 is 0 Å². The van der Waals surface area contributed by atoms with Crippen LogP contribution in [0.2, 0.25) is 0 Å². The molecule has 0 saturated carbocycles. The minimum absolute atomic E-state index is 0.0297. The Morgan fingerprint density at radius 1 is 0.875 bits per heavy atom. The third kappa shape index (κ3) is 8.98. The zero-order chi connectivity index (χ0) is 39.8. The van der Waals surface area contributed by atoms with E-state index in [1.165, 1.54) is 27.3 Å². The van der Waals surface area contributed by atoms with Crippen molar-refractivity contribution >= 4 is 38.9 Å². The quantitative estimate of drug-likeness (QED) is 0.0856. The van der Waals surface area contributed by atoms with Crippen molar-refractivity contribution in [3.63, 3.8) is 0 Å². The van der Waals surface area contributed by atoms with Crippen LogP contribution in [0.25, 0.3) is 11.2 Å². The smallest absolute Gasteiger partial charge is 0.315 e. The van der Waals surface area contributed by atoms with Gasteiger partial charge < -0.3 is 36.2 Å². The van der Waals surface area contributed by atoms with Crippen molar-refractivity contribution in [2.75, 3.05) is 31.5 Å². The van der Waals surface area contributed by atoms with Crippen molar-refractivity contribution in [3.8, 4) is 0 Å². The summed E-state index contributed by atoms with van der Waals surface area (Å²) in [6.07, 6.45) is -4.16. The number of carbonyl (C=O) groups excluding carboxylic acids is 2. The number of carbonyl (C=O) groups is 2. The van der Waals surface area contributed by atoms with E-state index in [9.17, 15) is 28.2 Å². The zero-order valence-electron chi connectivity index (χ0n) is 31.3. The Hall–Kier alpha value is -5.46. The summed E-state index contributed by atoms with van der Waals surface area (Å²) in [6, 6.07) is 27.2. The van der Waals surface area contributed by atoms with Crippen LogP contribution in [-0.4, -0.2) is 105 Å². The number of amides is 3. The van der Waals surface area contributed by atoms with Gasteiger partial charge in [0.15, 0.2) is 35.1 Å². The zero-order valence-corrected chi connectivity index (χ0v) is 32.1. The highest BCUT2D eigenvalue weighted by Gasteiger charge is 2.47. The number of hydrogen-bond donors (Lipinski definition) is 6. The lowest BCUT2D eigenvalue weighted by Gasteiger charge is -2.26. The second-order valence-electron chi connectivity index (χ2n) is 13.5. The molecule has 296 valence electrons. The molecule has 3 aromatic carbocycles. The first-order valence-electron chi connectivity index (χ1n) is 18.4. The molecule has 0 radical (unpaired) electrons. The van der Waals surface area contributed by atoms with Gasteiger partial charge >= 0.3 is 6.03 Å². The Morgan fingerprint density at radius 3 is 2.11 bits per heavy atom. The fourth-order valence-electron chi connectivity index (χ4n) is 6.61. The van der Waals surface area contributed by atoms with Crippen LogP contribution in [0.5, 0.6) is 0 Å². The van der Waals surface area contributed by atoms with Gasteiger partial charge in [-0.15, -0.1) is 0 Å². The summed E-state index contributed by atoms with van der Waals surface area (Å²) in [5, 5.41) is 33.3. The van der Waals surface area contributed by atoms with E-state index in [4.69, 9.17) is 9.72 Å². The van der Waals surface area contributed by atoms with Crippen LogP contribution in [0.4, 0.5) is 10.6 Å². The number of rotatable bonds is 16. The van der Waals surface area contributed by atoms with Crippen LogP contribution in [0.1, 0.15) is 49.9 Å². The summed E-state index contributed by atoms with van der Waals surface area (Å²) >= 11 is 0. The number of fused-ring (bicyclic) bond motifs is 1. The fourth-order valence-corrected chi connectivity index (χ4v) is 8.27. The number of sulfonamides is 1. The topological polar surface area (TPSA) is 213 Å². The monoisotopic (exact) mass is 785 g/mol. The van der Waals surface area contributed by atoms with E-state index in [2.05, 4.69) is 31.2 Å². The van der Waals surface area contributed by atoms with Crippen molar-refractivity contribution in [2.24, 2.45) is 0 Å². The SMILES string of the molecule is CCNC(=O)[C@H]1O[C@@H](n2cnc3c(NCC(c4ccccc4)c4ccccc4)nc(CNC(=O)NCCN(C(C)C)S(=O)(=O)c4ccccc4)nc32)[C@H](O)[C@@H]1O. The number of aromatic nitrogens is 4. The van der Waals surface area contributed by atoms with Crippen LogP contribution in [-0.2, 0) is 26.1 Å².